The minimum atomic E-state index is -0.954. The number of nitrogens with one attached hydrogen (secondary N) is 2. The zero-order chi connectivity index (χ0) is 14.9. The van der Waals surface area contributed by atoms with Crippen molar-refractivity contribution in [2.75, 3.05) is 13.1 Å². The molecule has 2 rings (SSSR count). The average molecular weight is 281 g/mol. The van der Waals surface area contributed by atoms with E-state index in [9.17, 15) is 24.3 Å². The molecule has 108 valence electrons. The number of amides is 1. The minimum absolute atomic E-state index is 0.0657. The first kappa shape index (κ1) is 14.0. The van der Waals surface area contributed by atoms with Gasteiger partial charge >= 0.3 is 11.7 Å². The predicted octanol–water partition coefficient (Wildman–Crippen LogP) is -0.610. The van der Waals surface area contributed by atoms with E-state index in [-0.39, 0.29) is 18.7 Å². The fourth-order valence-corrected chi connectivity index (χ4v) is 2.40. The van der Waals surface area contributed by atoms with Crippen molar-refractivity contribution in [2.45, 2.75) is 19.8 Å². The Balaban J connectivity index is 2.26. The van der Waals surface area contributed by atoms with Gasteiger partial charge in [-0.05, 0) is 12.8 Å². The Morgan fingerprint density at radius 1 is 1.45 bits per heavy atom. The summed E-state index contributed by atoms with van der Waals surface area (Å²) in [7, 11) is 0. The number of aromatic nitrogens is 2. The molecule has 8 nitrogen and oxygen atoms in total. The second-order valence-electron chi connectivity index (χ2n) is 4.90. The molecule has 0 bridgehead atoms. The smallest absolute Gasteiger partial charge is 0.325 e. The molecule has 0 spiro atoms. The third kappa shape index (κ3) is 2.24. The molecule has 3 N–H and O–H groups in total. The Kier molecular flexibility index (Phi) is 3.47. The van der Waals surface area contributed by atoms with Gasteiger partial charge < -0.3 is 15.0 Å². The summed E-state index contributed by atoms with van der Waals surface area (Å²) in [4.78, 5) is 51.5. The van der Waals surface area contributed by atoms with E-state index in [0.29, 0.717) is 12.8 Å². The van der Waals surface area contributed by atoms with Crippen LogP contribution < -0.4 is 11.2 Å². The Labute approximate surface area is 113 Å². The summed E-state index contributed by atoms with van der Waals surface area (Å²) in [5.74, 6) is -1.51. The summed E-state index contributed by atoms with van der Waals surface area (Å²) in [6.07, 6.45) is 1.82. The number of nitrogens with zero attached hydrogens (tertiary/aromatic N) is 1. The van der Waals surface area contributed by atoms with Gasteiger partial charge in [-0.15, -0.1) is 0 Å². The van der Waals surface area contributed by atoms with Crippen molar-refractivity contribution in [3.8, 4) is 0 Å². The van der Waals surface area contributed by atoms with Gasteiger partial charge in [0.1, 0.15) is 5.56 Å². The van der Waals surface area contributed by atoms with E-state index in [1.54, 1.807) is 6.92 Å². The SMILES string of the molecule is CCC1(C(=O)O)CCN(C(=O)c2c[nH]c(=O)[nH]c2=O)C1. The number of carbonyl (C=O) groups is 2. The summed E-state index contributed by atoms with van der Waals surface area (Å²) < 4.78 is 0. The molecule has 0 aliphatic carbocycles. The third-order valence-corrected chi connectivity index (χ3v) is 3.82. The van der Waals surface area contributed by atoms with E-state index in [1.165, 1.54) is 4.90 Å². The highest BCUT2D eigenvalue weighted by atomic mass is 16.4. The molecule has 1 aromatic heterocycles. The van der Waals surface area contributed by atoms with Gasteiger partial charge in [-0.1, -0.05) is 6.92 Å². The molecule has 1 amide bonds. The summed E-state index contributed by atoms with van der Waals surface area (Å²) in [5.41, 5.74) is -2.61. The average Bonchev–Trinajstić information content (AvgIpc) is 2.83. The highest BCUT2D eigenvalue weighted by molar-refractivity contribution is 5.94. The highest BCUT2D eigenvalue weighted by Gasteiger charge is 2.45. The van der Waals surface area contributed by atoms with Gasteiger partial charge in [0.25, 0.3) is 11.5 Å². The van der Waals surface area contributed by atoms with Crippen LogP contribution in [0.3, 0.4) is 0 Å². The predicted molar refractivity (Wildman–Crippen MR) is 68.6 cm³/mol. The van der Waals surface area contributed by atoms with Crippen LogP contribution in [-0.2, 0) is 4.79 Å². The molecule has 1 atom stereocenters. The topological polar surface area (TPSA) is 123 Å². The van der Waals surface area contributed by atoms with Crippen molar-refractivity contribution in [3.05, 3.63) is 32.6 Å². The quantitative estimate of drug-likeness (QED) is 0.682. The molecule has 1 saturated heterocycles. The third-order valence-electron chi connectivity index (χ3n) is 3.82. The molecule has 2 heterocycles. The van der Waals surface area contributed by atoms with Crippen LogP contribution in [0, 0.1) is 5.41 Å². The lowest BCUT2D eigenvalue weighted by Crippen LogP contribution is -2.39. The molecule has 0 radical (unpaired) electrons. The van der Waals surface area contributed by atoms with Gasteiger partial charge in [-0.3, -0.25) is 19.4 Å². The fraction of sp³-hybridized carbons (Fsp3) is 0.500. The number of aromatic amines is 2. The molecule has 1 aromatic rings. The molecule has 0 saturated carbocycles. The van der Waals surface area contributed by atoms with Crippen LogP contribution in [0.2, 0.25) is 0 Å². The second kappa shape index (κ2) is 4.95. The normalized spacial score (nSPS) is 21.9. The van der Waals surface area contributed by atoms with Crippen LogP contribution in [0.15, 0.2) is 15.8 Å². The number of hydrogen-bond acceptors (Lipinski definition) is 4. The summed E-state index contributed by atoms with van der Waals surface area (Å²) >= 11 is 0. The van der Waals surface area contributed by atoms with Crippen molar-refractivity contribution < 1.29 is 14.7 Å². The first-order chi connectivity index (χ1) is 9.39. The lowest BCUT2D eigenvalue weighted by molar-refractivity contribution is -0.148. The van der Waals surface area contributed by atoms with E-state index in [2.05, 4.69) is 4.98 Å². The van der Waals surface area contributed by atoms with Gasteiger partial charge in [-0.2, -0.15) is 0 Å². The van der Waals surface area contributed by atoms with Crippen LogP contribution in [0.5, 0.6) is 0 Å². The van der Waals surface area contributed by atoms with E-state index >= 15 is 0 Å². The van der Waals surface area contributed by atoms with E-state index in [1.807, 2.05) is 4.98 Å². The van der Waals surface area contributed by atoms with Gasteiger partial charge in [0.15, 0.2) is 0 Å². The zero-order valence-corrected chi connectivity index (χ0v) is 10.9. The fourth-order valence-electron chi connectivity index (χ4n) is 2.40. The lowest BCUT2D eigenvalue weighted by Gasteiger charge is -2.22. The van der Waals surface area contributed by atoms with Gasteiger partial charge in [0.2, 0.25) is 0 Å². The van der Waals surface area contributed by atoms with E-state index in [0.717, 1.165) is 6.20 Å². The second-order valence-corrected chi connectivity index (χ2v) is 4.90. The molecule has 8 heteroatoms. The first-order valence-electron chi connectivity index (χ1n) is 6.24. The first-order valence-corrected chi connectivity index (χ1v) is 6.24. The molecule has 20 heavy (non-hydrogen) atoms. The van der Waals surface area contributed by atoms with Crippen molar-refractivity contribution in [2.24, 2.45) is 5.41 Å². The van der Waals surface area contributed by atoms with Crippen LogP contribution in [0.25, 0.3) is 0 Å². The maximum atomic E-state index is 12.2. The van der Waals surface area contributed by atoms with E-state index < -0.39 is 28.5 Å². The van der Waals surface area contributed by atoms with Crippen molar-refractivity contribution in [3.63, 3.8) is 0 Å². The van der Waals surface area contributed by atoms with E-state index in [4.69, 9.17) is 0 Å². The molecular formula is C12H15N3O5. The Morgan fingerprint density at radius 3 is 2.65 bits per heavy atom. The van der Waals surface area contributed by atoms with Gasteiger partial charge in [0.05, 0.1) is 5.41 Å². The number of H-pyrrole nitrogens is 2. The molecule has 1 unspecified atom stereocenters. The molecule has 0 aromatic carbocycles. The summed E-state index contributed by atoms with van der Waals surface area (Å²) in [6.45, 7) is 2.10. The Hall–Kier alpha value is -2.38. The number of carbonyl (C=O) groups excluding carboxylic acids is 1. The standard InChI is InChI=1S/C12H15N3O5/c1-2-12(10(18)19)3-4-15(6-12)9(17)7-5-13-11(20)14-8(7)16/h5H,2-4,6H2,1H3,(H,18,19)(H2,13,14,16,20). The van der Waals surface area contributed by atoms with Gasteiger partial charge in [-0.25, -0.2) is 4.79 Å². The number of carboxylic acid groups (broad SMARTS) is 1. The van der Waals surface area contributed by atoms with Crippen molar-refractivity contribution in [1.29, 1.82) is 0 Å². The molecule has 1 fully saturated rings. The highest BCUT2D eigenvalue weighted by Crippen LogP contribution is 2.34. The Bertz CT molecular complexity index is 662. The maximum absolute atomic E-state index is 12.2. The lowest BCUT2D eigenvalue weighted by atomic mass is 9.84. The monoisotopic (exact) mass is 281 g/mol. The van der Waals surface area contributed by atoms with Crippen molar-refractivity contribution in [1.82, 2.24) is 14.9 Å². The number of rotatable bonds is 3. The van der Waals surface area contributed by atoms with Crippen LogP contribution in [0.4, 0.5) is 0 Å². The van der Waals surface area contributed by atoms with Crippen LogP contribution >= 0.6 is 0 Å². The van der Waals surface area contributed by atoms with Crippen LogP contribution in [-0.4, -0.2) is 44.9 Å². The van der Waals surface area contributed by atoms with Crippen molar-refractivity contribution >= 4 is 11.9 Å². The number of hydrogen-bond donors (Lipinski definition) is 3. The zero-order valence-electron chi connectivity index (χ0n) is 10.9. The number of aliphatic carboxylic acids is 1. The number of carboxylic acids is 1. The van der Waals surface area contributed by atoms with Crippen LogP contribution in [0.1, 0.15) is 30.1 Å². The minimum Gasteiger partial charge on any atom is -0.481 e. The Morgan fingerprint density at radius 2 is 2.15 bits per heavy atom. The maximum Gasteiger partial charge on any atom is 0.325 e. The number of likely N-dealkylation sites (tertiary alicyclic amines) is 1. The molecule has 1 aliphatic heterocycles. The summed E-state index contributed by atoms with van der Waals surface area (Å²) in [6, 6.07) is 0. The molecular weight excluding hydrogens is 266 g/mol. The van der Waals surface area contributed by atoms with Gasteiger partial charge in [0, 0.05) is 19.3 Å². The largest absolute Gasteiger partial charge is 0.481 e. The summed E-state index contributed by atoms with van der Waals surface area (Å²) in [5, 5.41) is 9.27. The molecule has 1 aliphatic rings.